The Morgan fingerprint density at radius 1 is 1.06 bits per heavy atom. The van der Waals surface area contributed by atoms with Crippen LogP contribution in [-0.2, 0) is 4.79 Å². The van der Waals surface area contributed by atoms with E-state index in [1.54, 1.807) is 0 Å². The molecule has 100 valence electrons. The van der Waals surface area contributed by atoms with Gasteiger partial charge < -0.3 is 0 Å². The topological polar surface area (TPSA) is 17.1 Å². The molecule has 1 rings (SSSR count). The fraction of sp³-hybridized carbons (Fsp3) is 0.588. The molecule has 0 aliphatic heterocycles. The molecule has 0 aliphatic rings. The van der Waals surface area contributed by atoms with E-state index >= 15 is 0 Å². The van der Waals surface area contributed by atoms with E-state index in [2.05, 4.69) is 38.1 Å². The van der Waals surface area contributed by atoms with Crippen molar-refractivity contribution in [1.82, 2.24) is 0 Å². The van der Waals surface area contributed by atoms with E-state index in [0.29, 0.717) is 11.7 Å². The summed E-state index contributed by atoms with van der Waals surface area (Å²) in [6, 6.07) is 10.5. The standard InChI is InChI=1S/C17H26O/c1-3-5-10-16(14-17(18)13-6-4-2)15-11-8-7-9-12-15/h7-9,11-12,16H,3-6,10,13-14H2,1-2H3. The van der Waals surface area contributed by atoms with Gasteiger partial charge in [0.2, 0.25) is 0 Å². The maximum absolute atomic E-state index is 11.9. The third-order valence-electron chi connectivity index (χ3n) is 3.46. The first-order valence-electron chi connectivity index (χ1n) is 7.34. The number of unbranched alkanes of at least 4 members (excludes halogenated alkanes) is 2. The van der Waals surface area contributed by atoms with Crippen LogP contribution in [-0.4, -0.2) is 5.78 Å². The van der Waals surface area contributed by atoms with Gasteiger partial charge in [0.25, 0.3) is 0 Å². The highest BCUT2D eigenvalue weighted by molar-refractivity contribution is 5.79. The molecule has 18 heavy (non-hydrogen) atoms. The van der Waals surface area contributed by atoms with E-state index < -0.39 is 0 Å². The van der Waals surface area contributed by atoms with Crippen LogP contribution in [0, 0.1) is 0 Å². The maximum atomic E-state index is 11.9. The average Bonchev–Trinajstić information content (AvgIpc) is 2.42. The van der Waals surface area contributed by atoms with Gasteiger partial charge in [0, 0.05) is 12.8 Å². The molecule has 1 atom stereocenters. The average molecular weight is 246 g/mol. The van der Waals surface area contributed by atoms with Gasteiger partial charge in [-0.25, -0.2) is 0 Å². The number of carbonyl (C=O) groups is 1. The monoisotopic (exact) mass is 246 g/mol. The lowest BCUT2D eigenvalue weighted by Crippen LogP contribution is -2.07. The van der Waals surface area contributed by atoms with Crippen LogP contribution in [0.4, 0.5) is 0 Å². The molecule has 0 radical (unpaired) electrons. The summed E-state index contributed by atoms with van der Waals surface area (Å²) < 4.78 is 0. The molecule has 0 aliphatic carbocycles. The zero-order valence-electron chi connectivity index (χ0n) is 11.8. The fourth-order valence-corrected chi connectivity index (χ4v) is 2.31. The number of hydrogen-bond acceptors (Lipinski definition) is 1. The summed E-state index contributed by atoms with van der Waals surface area (Å²) in [5.41, 5.74) is 1.33. The van der Waals surface area contributed by atoms with E-state index in [-0.39, 0.29) is 0 Å². The lowest BCUT2D eigenvalue weighted by atomic mass is 9.88. The molecule has 1 unspecified atom stereocenters. The van der Waals surface area contributed by atoms with Crippen molar-refractivity contribution >= 4 is 5.78 Å². The SMILES string of the molecule is CCCCC(=O)CC(CCCC)c1ccccc1. The lowest BCUT2D eigenvalue weighted by molar-refractivity contribution is -0.119. The third-order valence-corrected chi connectivity index (χ3v) is 3.46. The Labute approximate surface area is 112 Å². The van der Waals surface area contributed by atoms with Crippen molar-refractivity contribution in [3.63, 3.8) is 0 Å². The Bertz CT molecular complexity index is 329. The zero-order valence-corrected chi connectivity index (χ0v) is 11.8. The Morgan fingerprint density at radius 3 is 2.33 bits per heavy atom. The molecule has 1 heteroatoms. The molecule has 0 saturated heterocycles. The summed E-state index contributed by atoms with van der Waals surface area (Å²) in [6.07, 6.45) is 7.17. The molecule has 0 amide bonds. The van der Waals surface area contributed by atoms with Gasteiger partial charge in [-0.3, -0.25) is 4.79 Å². The summed E-state index contributed by atoms with van der Waals surface area (Å²) in [7, 11) is 0. The van der Waals surface area contributed by atoms with Gasteiger partial charge in [0.15, 0.2) is 0 Å². The van der Waals surface area contributed by atoms with Gasteiger partial charge >= 0.3 is 0 Å². The van der Waals surface area contributed by atoms with Gasteiger partial charge in [0.05, 0.1) is 0 Å². The van der Waals surface area contributed by atoms with Crippen molar-refractivity contribution in [3.8, 4) is 0 Å². The molecule has 0 fully saturated rings. The minimum absolute atomic E-state index is 0.426. The van der Waals surface area contributed by atoms with Crippen LogP contribution in [0.15, 0.2) is 30.3 Å². The molecule has 0 bridgehead atoms. The smallest absolute Gasteiger partial charge is 0.133 e. The van der Waals surface area contributed by atoms with Crippen molar-refractivity contribution in [2.45, 2.75) is 64.7 Å². The second kappa shape index (κ2) is 8.91. The molecule has 0 spiro atoms. The summed E-state index contributed by atoms with van der Waals surface area (Å²) in [5.74, 6) is 0.859. The zero-order chi connectivity index (χ0) is 13.2. The van der Waals surface area contributed by atoms with Crippen molar-refractivity contribution < 1.29 is 4.79 Å². The van der Waals surface area contributed by atoms with E-state index in [1.807, 2.05) is 6.07 Å². The largest absolute Gasteiger partial charge is 0.300 e. The Balaban J connectivity index is 2.58. The lowest BCUT2D eigenvalue weighted by Gasteiger charge is -2.16. The Kier molecular flexibility index (Phi) is 7.40. The van der Waals surface area contributed by atoms with Crippen molar-refractivity contribution in [1.29, 1.82) is 0 Å². The van der Waals surface area contributed by atoms with Gasteiger partial charge in [-0.2, -0.15) is 0 Å². The molecule has 1 nitrogen and oxygen atoms in total. The van der Waals surface area contributed by atoms with Crippen LogP contribution in [0.5, 0.6) is 0 Å². The van der Waals surface area contributed by atoms with Crippen LogP contribution in [0.1, 0.15) is 70.3 Å². The highest BCUT2D eigenvalue weighted by Gasteiger charge is 2.14. The van der Waals surface area contributed by atoms with E-state index in [0.717, 1.165) is 32.1 Å². The van der Waals surface area contributed by atoms with E-state index in [9.17, 15) is 4.79 Å². The van der Waals surface area contributed by atoms with Crippen molar-refractivity contribution in [2.24, 2.45) is 0 Å². The summed E-state index contributed by atoms with van der Waals surface area (Å²) >= 11 is 0. The number of carbonyl (C=O) groups excluding carboxylic acids is 1. The summed E-state index contributed by atoms with van der Waals surface area (Å²) in [6.45, 7) is 4.35. The number of benzene rings is 1. The second-order valence-electron chi connectivity index (χ2n) is 5.10. The van der Waals surface area contributed by atoms with Crippen LogP contribution >= 0.6 is 0 Å². The van der Waals surface area contributed by atoms with Gasteiger partial charge in [-0.05, 0) is 24.3 Å². The van der Waals surface area contributed by atoms with Crippen LogP contribution < -0.4 is 0 Å². The number of ketones is 1. The molecular weight excluding hydrogens is 220 g/mol. The Morgan fingerprint density at radius 2 is 1.72 bits per heavy atom. The predicted octanol–water partition coefficient (Wildman–Crippen LogP) is 5.11. The van der Waals surface area contributed by atoms with Crippen LogP contribution in [0.25, 0.3) is 0 Å². The first-order chi connectivity index (χ1) is 8.77. The van der Waals surface area contributed by atoms with E-state index in [4.69, 9.17) is 0 Å². The molecule has 0 saturated carbocycles. The number of hydrogen-bond donors (Lipinski definition) is 0. The highest BCUT2D eigenvalue weighted by Crippen LogP contribution is 2.26. The van der Waals surface area contributed by atoms with Crippen LogP contribution in [0.3, 0.4) is 0 Å². The van der Waals surface area contributed by atoms with Gasteiger partial charge in [0.1, 0.15) is 5.78 Å². The molecule has 0 aromatic heterocycles. The predicted molar refractivity (Wildman–Crippen MR) is 77.9 cm³/mol. The molecule has 1 aromatic carbocycles. The van der Waals surface area contributed by atoms with Crippen molar-refractivity contribution in [3.05, 3.63) is 35.9 Å². The summed E-state index contributed by atoms with van der Waals surface area (Å²) in [4.78, 5) is 11.9. The summed E-state index contributed by atoms with van der Waals surface area (Å²) in [5, 5.41) is 0. The quantitative estimate of drug-likeness (QED) is 0.591. The molecule has 1 aromatic rings. The normalized spacial score (nSPS) is 12.3. The minimum Gasteiger partial charge on any atom is -0.300 e. The molecule has 0 N–H and O–H groups in total. The maximum Gasteiger partial charge on any atom is 0.133 e. The molecular formula is C17H26O. The van der Waals surface area contributed by atoms with E-state index in [1.165, 1.54) is 18.4 Å². The number of Topliss-reactive ketones (excluding diaryl/α,β-unsaturated/α-hetero) is 1. The first kappa shape index (κ1) is 14.9. The van der Waals surface area contributed by atoms with Crippen molar-refractivity contribution in [2.75, 3.05) is 0 Å². The minimum atomic E-state index is 0.426. The third kappa shape index (κ3) is 5.48. The van der Waals surface area contributed by atoms with Gasteiger partial charge in [-0.15, -0.1) is 0 Å². The number of rotatable bonds is 9. The molecule has 0 heterocycles. The Hall–Kier alpha value is -1.11. The fourth-order valence-electron chi connectivity index (χ4n) is 2.31. The second-order valence-corrected chi connectivity index (χ2v) is 5.10. The van der Waals surface area contributed by atoms with Crippen LogP contribution in [0.2, 0.25) is 0 Å². The highest BCUT2D eigenvalue weighted by atomic mass is 16.1. The first-order valence-corrected chi connectivity index (χ1v) is 7.34. The van der Waals surface area contributed by atoms with Gasteiger partial charge in [-0.1, -0.05) is 63.4 Å².